The zero-order valence-electron chi connectivity index (χ0n) is 54.5. The number of imidazole rings is 2. The van der Waals surface area contributed by atoms with Gasteiger partial charge in [0, 0.05) is 117 Å². The average Bonchev–Trinajstić information content (AvgIpc) is 1.67. The summed E-state index contributed by atoms with van der Waals surface area (Å²) in [6, 6.07) is 28.6. The fourth-order valence-electron chi connectivity index (χ4n) is 13.1. The van der Waals surface area contributed by atoms with Crippen LogP contribution in [-0.2, 0) is 51.7 Å². The van der Waals surface area contributed by atoms with E-state index >= 15 is 8.78 Å². The quantitative estimate of drug-likeness (QED) is 0.0789. The molecule has 4 atom stereocenters. The Bertz CT molecular complexity index is 4420. The second-order valence-electron chi connectivity index (χ2n) is 25.0. The predicted molar refractivity (Wildman–Crippen MR) is 357 cm³/mol. The molecule has 14 rings (SSSR count). The molecule has 21 nitrogen and oxygen atoms in total. The van der Waals surface area contributed by atoms with Crippen LogP contribution in [-0.4, -0.2) is 158 Å². The first-order valence-electron chi connectivity index (χ1n) is 32.1. The van der Waals surface area contributed by atoms with Gasteiger partial charge in [0.15, 0.2) is 11.6 Å². The third-order valence-electron chi connectivity index (χ3n) is 17.5. The highest BCUT2D eigenvalue weighted by atomic mass is 35.5. The molecule has 97 heavy (non-hydrogen) atoms. The van der Waals surface area contributed by atoms with E-state index in [2.05, 4.69) is 49.7 Å². The van der Waals surface area contributed by atoms with Gasteiger partial charge < -0.3 is 33.8 Å². The lowest BCUT2D eigenvalue weighted by Gasteiger charge is -2.36. The first-order chi connectivity index (χ1) is 46.8. The highest BCUT2D eigenvalue weighted by Crippen LogP contribution is 2.34. The van der Waals surface area contributed by atoms with Gasteiger partial charge in [0.25, 0.3) is 0 Å². The van der Waals surface area contributed by atoms with Crippen molar-refractivity contribution in [3.63, 3.8) is 0 Å². The van der Waals surface area contributed by atoms with E-state index in [1.165, 1.54) is 18.2 Å². The van der Waals surface area contributed by atoms with Crippen molar-refractivity contribution in [3.05, 3.63) is 208 Å². The number of hydrogen-bond acceptors (Lipinski definition) is 17. The van der Waals surface area contributed by atoms with Crippen LogP contribution in [0, 0.1) is 37.1 Å². The van der Waals surface area contributed by atoms with Crippen LogP contribution in [0.3, 0.4) is 0 Å². The average molecular weight is 1340 g/mol. The molecule has 0 unspecified atom stereocenters. The minimum absolute atomic E-state index is 0.00348. The lowest BCUT2D eigenvalue weighted by molar-refractivity contribution is -0.0446. The highest BCUT2D eigenvalue weighted by Gasteiger charge is 2.44. The van der Waals surface area contributed by atoms with Crippen LogP contribution in [0.4, 0.5) is 33.0 Å². The number of pyridine rings is 2. The van der Waals surface area contributed by atoms with E-state index in [9.17, 15) is 18.4 Å². The summed E-state index contributed by atoms with van der Waals surface area (Å²) in [6.45, 7) is 18.3. The van der Waals surface area contributed by atoms with Crippen molar-refractivity contribution in [1.82, 2.24) is 68.6 Å². The molecule has 4 saturated heterocycles. The summed E-state index contributed by atoms with van der Waals surface area (Å²) in [5.41, 5.74) is 13.1. The summed E-state index contributed by atoms with van der Waals surface area (Å²) in [7, 11) is 0. The predicted octanol–water partition coefficient (Wildman–Crippen LogP) is 12.1. The smallest absolute Gasteiger partial charge is 0.410 e. The lowest BCUT2D eigenvalue weighted by Crippen LogP contribution is -2.53. The lowest BCUT2D eigenvalue weighted by atomic mass is 10.0. The Morgan fingerprint density at radius 1 is 0.557 bits per heavy atom. The normalized spacial score (nSPS) is 17.8. The number of ether oxygens (including phenoxy) is 4. The minimum Gasteiger partial charge on any atom is -0.445 e. The summed E-state index contributed by atoms with van der Waals surface area (Å²) in [4.78, 5) is 67.4. The van der Waals surface area contributed by atoms with E-state index in [4.69, 9.17) is 36.3 Å². The van der Waals surface area contributed by atoms with Crippen LogP contribution in [0.1, 0.15) is 85.2 Å². The van der Waals surface area contributed by atoms with Gasteiger partial charge in [-0.05, 0) is 112 Å². The zero-order chi connectivity index (χ0) is 68.0. The van der Waals surface area contributed by atoms with Crippen molar-refractivity contribution >= 4 is 51.7 Å². The van der Waals surface area contributed by atoms with Gasteiger partial charge in [-0.2, -0.15) is 0 Å². The molecule has 6 aromatic heterocycles. The number of carbonyl (C=O) groups excluding carboxylic acids is 2. The van der Waals surface area contributed by atoms with E-state index in [0.29, 0.717) is 92.0 Å². The van der Waals surface area contributed by atoms with Crippen molar-refractivity contribution in [2.45, 2.75) is 111 Å². The number of amides is 2. The number of nitrogens with zero attached hydrogens (tertiary/aromatic N) is 14. The SMILES string of the molecule is Cc1nc2c(F)cc(-c3cc(Cc4ncc(CN5C[C@H]6OCCN(C(=O)OCc7ccccc7)[C@H]6C5)cn4)ncc3F)cc2n1C(C)C.Cc1nc2c(F)cc(-c3cc(N)ncc3F)cc2n1C(C)C.O=C(OCc1ccccc1)N1CCO[C@@H]2CN(Cc3cnc(Cl)nc3)C[C@@H]21. The Balaban J connectivity index is 0.000000154. The molecule has 4 aromatic carbocycles. The van der Waals surface area contributed by atoms with Crippen molar-refractivity contribution < 1.29 is 46.1 Å². The van der Waals surface area contributed by atoms with Crippen LogP contribution in [0.25, 0.3) is 44.3 Å². The van der Waals surface area contributed by atoms with Gasteiger partial charge in [0.1, 0.15) is 59.2 Å². The van der Waals surface area contributed by atoms with Crippen molar-refractivity contribution in [2.75, 3.05) is 58.2 Å². The highest BCUT2D eigenvalue weighted by molar-refractivity contribution is 6.28. The van der Waals surface area contributed by atoms with Gasteiger partial charge in [-0.1, -0.05) is 60.7 Å². The molecule has 4 fully saturated rings. The minimum atomic E-state index is -0.542. The van der Waals surface area contributed by atoms with Crippen LogP contribution in [0.2, 0.25) is 5.28 Å². The Labute approximate surface area is 563 Å². The molecule has 10 aromatic rings. The molecular formula is C71H74ClF4N15O6. The van der Waals surface area contributed by atoms with Crippen LogP contribution < -0.4 is 5.73 Å². The molecule has 2 amide bonds. The largest absolute Gasteiger partial charge is 0.445 e. The standard InChI is InChI=1S/C36H37F2N7O3.C19H21ClN4O3.C16H16F2N4/c1-22(2)45-23(3)42-35-29(37)11-26(12-31(35)45)28-13-27(39-17-30(28)38)14-34-40-15-25(16-41-34)18-43-19-32-33(20-43)47-10-9-44(32)36(46)48-21-24-7-5-4-6-8-24;20-18-21-8-15(9-22-18)10-23-11-16-17(12-23)26-7-6-24(16)19(25)27-13-14-4-2-1-3-5-14;1-8(2)22-9(3)21-16-12(17)4-10(5-14(16)22)11-6-15(19)20-7-13(11)18/h4-8,11-13,15-17,22,32-33H,9-10,14,18-21H2,1-3H3;1-5,8-9,16-17H,6-7,10-13H2;4-8H,1-3H3,(H2,19,20)/t32-,33+;16-,17+;/m00./s1. The topological polar surface area (TPSA) is 223 Å². The Morgan fingerprint density at radius 2 is 1.00 bits per heavy atom. The molecule has 0 bridgehead atoms. The summed E-state index contributed by atoms with van der Waals surface area (Å²) < 4.78 is 85.4. The van der Waals surface area contributed by atoms with Crippen LogP contribution in [0.15, 0.2) is 134 Å². The molecule has 0 saturated carbocycles. The van der Waals surface area contributed by atoms with E-state index < -0.39 is 23.3 Å². The van der Waals surface area contributed by atoms with Crippen LogP contribution in [0.5, 0.6) is 0 Å². The number of nitrogen functional groups attached to an aromatic ring is 1. The number of benzene rings is 4. The zero-order valence-corrected chi connectivity index (χ0v) is 55.3. The molecule has 4 aliphatic rings. The summed E-state index contributed by atoms with van der Waals surface area (Å²) in [6.07, 6.45) is 8.78. The molecule has 4 aliphatic heterocycles. The Morgan fingerprint density at radius 3 is 1.46 bits per heavy atom. The number of aromatic nitrogens is 10. The first kappa shape index (κ1) is 67.5. The number of morpholine rings is 2. The fraction of sp³-hybridized carbons (Fsp3) is 0.352. The number of hydrogen-bond donors (Lipinski definition) is 1. The second kappa shape index (κ2) is 29.9. The third-order valence-corrected chi connectivity index (χ3v) is 17.7. The van der Waals surface area contributed by atoms with Crippen molar-refractivity contribution in [1.29, 1.82) is 0 Å². The molecular weight excluding hydrogens is 1270 g/mol. The maximum atomic E-state index is 15.1. The second-order valence-corrected chi connectivity index (χ2v) is 25.3. The molecule has 0 radical (unpaired) electrons. The summed E-state index contributed by atoms with van der Waals surface area (Å²) >= 11 is 5.74. The van der Waals surface area contributed by atoms with E-state index in [0.717, 1.165) is 53.6 Å². The number of nitrogens with two attached hydrogens (primary N) is 1. The van der Waals surface area contributed by atoms with Crippen molar-refractivity contribution in [3.8, 4) is 22.3 Å². The molecule has 10 heterocycles. The van der Waals surface area contributed by atoms with E-state index in [-0.39, 0.29) is 101 Å². The molecule has 0 spiro atoms. The number of halogens is 5. The van der Waals surface area contributed by atoms with Crippen LogP contribution >= 0.6 is 11.6 Å². The summed E-state index contributed by atoms with van der Waals surface area (Å²) in [5.74, 6) is 0.0710. The molecule has 0 aliphatic carbocycles. The maximum absolute atomic E-state index is 15.1. The number of rotatable bonds is 14. The van der Waals surface area contributed by atoms with Gasteiger partial charge in [-0.15, -0.1) is 0 Å². The monoisotopic (exact) mass is 1340 g/mol. The first-order valence-corrected chi connectivity index (χ1v) is 32.5. The number of aryl methyl sites for hydroxylation is 2. The number of fused-ring (bicyclic) bond motifs is 4. The van der Waals surface area contributed by atoms with Gasteiger partial charge in [-0.25, -0.2) is 62.0 Å². The van der Waals surface area contributed by atoms with Gasteiger partial charge >= 0.3 is 12.2 Å². The number of anilines is 1. The summed E-state index contributed by atoms with van der Waals surface area (Å²) in [5, 5.41) is 0.240. The molecule has 2 N–H and O–H groups in total. The fourth-order valence-corrected chi connectivity index (χ4v) is 13.2. The van der Waals surface area contributed by atoms with Gasteiger partial charge in [0.2, 0.25) is 5.28 Å². The third kappa shape index (κ3) is 15.7. The maximum Gasteiger partial charge on any atom is 0.410 e. The van der Waals surface area contributed by atoms with Crippen molar-refractivity contribution in [2.24, 2.45) is 0 Å². The Hall–Kier alpha value is -9.53. The number of likely N-dealkylation sites (tertiary alicyclic amines) is 2. The van der Waals surface area contributed by atoms with Gasteiger partial charge in [-0.3, -0.25) is 24.6 Å². The molecule has 26 heteroatoms. The number of carbonyl (C=O) groups is 2. The molecule has 504 valence electrons. The van der Waals surface area contributed by atoms with E-state index in [1.54, 1.807) is 52.8 Å². The Kier molecular flexibility index (Phi) is 20.8. The van der Waals surface area contributed by atoms with Gasteiger partial charge in [0.05, 0.1) is 67.4 Å². The van der Waals surface area contributed by atoms with E-state index in [1.807, 2.05) is 111 Å².